The first kappa shape index (κ1) is 17.8. The van der Waals surface area contributed by atoms with Gasteiger partial charge < -0.3 is 9.64 Å². The SMILES string of the molecule is C[C@H](NS(=O)(=O)c1ccccc1F)C(=O)N1CCOC(CF)C1. The van der Waals surface area contributed by atoms with E-state index in [-0.39, 0.29) is 19.7 Å². The molecule has 0 bridgehead atoms. The van der Waals surface area contributed by atoms with Gasteiger partial charge in [-0.25, -0.2) is 17.2 Å². The Balaban J connectivity index is 2.07. The molecule has 0 aromatic heterocycles. The van der Waals surface area contributed by atoms with Crippen LogP contribution in [0.1, 0.15) is 6.92 Å². The van der Waals surface area contributed by atoms with Crippen LogP contribution in [0.4, 0.5) is 8.78 Å². The highest BCUT2D eigenvalue weighted by molar-refractivity contribution is 7.89. The lowest BCUT2D eigenvalue weighted by atomic mass is 10.2. The number of rotatable bonds is 5. The van der Waals surface area contributed by atoms with Crippen molar-refractivity contribution in [3.8, 4) is 0 Å². The van der Waals surface area contributed by atoms with Crippen molar-refractivity contribution in [3.63, 3.8) is 0 Å². The molecule has 1 heterocycles. The van der Waals surface area contributed by atoms with E-state index in [1.807, 2.05) is 0 Å². The molecule has 2 rings (SSSR count). The lowest BCUT2D eigenvalue weighted by Gasteiger charge is -2.33. The smallest absolute Gasteiger partial charge is 0.244 e. The molecule has 1 aromatic carbocycles. The number of hydrogen-bond acceptors (Lipinski definition) is 4. The minimum Gasteiger partial charge on any atom is -0.372 e. The second-order valence-electron chi connectivity index (χ2n) is 5.20. The molecule has 6 nitrogen and oxygen atoms in total. The van der Waals surface area contributed by atoms with Crippen molar-refractivity contribution in [2.75, 3.05) is 26.4 Å². The predicted molar refractivity (Wildman–Crippen MR) is 78.5 cm³/mol. The normalized spacial score (nSPS) is 20.3. The molecule has 1 aliphatic heterocycles. The molecule has 1 amide bonds. The molecule has 1 saturated heterocycles. The molecular weight excluding hydrogens is 330 g/mol. The van der Waals surface area contributed by atoms with Gasteiger partial charge in [0.2, 0.25) is 15.9 Å². The average Bonchev–Trinajstić information content (AvgIpc) is 2.54. The summed E-state index contributed by atoms with van der Waals surface area (Å²) in [7, 11) is -4.17. The van der Waals surface area contributed by atoms with Crippen molar-refractivity contribution in [2.45, 2.75) is 24.0 Å². The molecule has 1 fully saturated rings. The summed E-state index contributed by atoms with van der Waals surface area (Å²) in [6.07, 6.45) is -0.705. The minimum absolute atomic E-state index is 0.0566. The van der Waals surface area contributed by atoms with Crippen LogP contribution in [0.5, 0.6) is 0 Å². The van der Waals surface area contributed by atoms with Crippen LogP contribution in [0.2, 0.25) is 0 Å². The number of ether oxygens (including phenoxy) is 1. The molecule has 1 aromatic rings. The zero-order valence-corrected chi connectivity index (χ0v) is 13.4. The van der Waals surface area contributed by atoms with Crippen molar-refractivity contribution in [1.82, 2.24) is 9.62 Å². The van der Waals surface area contributed by atoms with Crippen LogP contribution in [-0.4, -0.2) is 57.7 Å². The Morgan fingerprint density at radius 2 is 2.17 bits per heavy atom. The van der Waals surface area contributed by atoms with Gasteiger partial charge in [-0.3, -0.25) is 4.79 Å². The predicted octanol–water partition coefficient (Wildman–Crippen LogP) is 0.689. The highest BCUT2D eigenvalue weighted by Crippen LogP contribution is 2.14. The van der Waals surface area contributed by atoms with Crippen molar-refractivity contribution in [2.24, 2.45) is 0 Å². The summed E-state index contributed by atoms with van der Waals surface area (Å²) in [5.74, 6) is -1.41. The van der Waals surface area contributed by atoms with Crippen molar-refractivity contribution < 1.29 is 26.7 Å². The number of benzene rings is 1. The van der Waals surface area contributed by atoms with Crippen LogP contribution < -0.4 is 4.72 Å². The van der Waals surface area contributed by atoms with E-state index in [9.17, 15) is 22.0 Å². The van der Waals surface area contributed by atoms with Gasteiger partial charge in [-0.2, -0.15) is 4.72 Å². The van der Waals surface area contributed by atoms with E-state index in [1.54, 1.807) is 0 Å². The first-order chi connectivity index (χ1) is 10.8. The molecule has 0 radical (unpaired) electrons. The highest BCUT2D eigenvalue weighted by atomic mass is 32.2. The third kappa shape index (κ3) is 4.24. The molecule has 1 unspecified atom stereocenters. The Bertz CT molecular complexity index is 668. The van der Waals surface area contributed by atoms with Gasteiger partial charge in [0.05, 0.1) is 12.6 Å². The highest BCUT2D eigenvalue weighted by Gasteiger charge is 2.30. The zero-order chi connectivity index (χ0) is 17.0. The first-order valence-electron chi connectivity index (χ1n) is 7.08. The fourth-order valence-corrected chi connectivity index (χ4v) is 3.57. The van der Waals surface area contributed by atoms with Crippen LogP contribution in [0, 0.1) is 5.82 Å². The number of carbonyl (C=O) groups is 1. The molecular formula is C14H18F2N2O4S. The topological polar surface area (TPSA) is 75.7 Å². The molecule has 2 atom stereocenters. The average molecular weight is 348 g/mol. The third-order valence-electron chi connectivity index (χ3n) is 3.45. The molecule has 0 saturated carbocycles. The summed E-state index contributed by atoms with van der Waals surface area (Å²) in [5, 5.41) is 0. The second-order valence-corrected chi connectivity index (χ2v) is 6.89. The van der Waals surface area contributed by atoms with Gasteiger partial charge in [0, 0.05) is 13.1 Å². The quantitative estimate of drug-likeness (QED) is 0.849. The number of morpholine rings is 1. The van der Waals surface area contributed by atoms with Gasteiger partial charge in [0.1, 0.15) is 23.5 Å². The van der Waals surface area contributed by atoms with Gasteiger partial charge in [-0.05, 0) is 19.1 Å². The summed E-state index contributed by atoms with van der Waals surface area (Å²) in [6.45, 7) is 1.13. The Hall–Kier alpha value is -1.58. The number of hydrogen-bond donors (Lipinski definition) is 1. The van der Waals surface area contributed by atoms with E-state index in [1.165, 1.54) is 24.0 Å². The molecule has 1 aliphatic rings. The van der Waals surface area contributed by atoms with E-state index in [0.29, 0.717) is 0 Å². The maximum absolute atomic E-state index is 13.6. The van der Waals surface area contributed by atoms with E-state index in [0.717, 1.165) is 12.1 Å². The van der Waals surface area contributed by atoms with Gasteiger partial charge in [-0.15, -0.1) is 0 Å². The van der Waals surface area contributed by atoms with E-state index in [4.69, 9.17) is 4.74 Å². The minimum atomic E-state index is -4.17. The van der Waals surface area contributed by atoms with Crippen LogP contribution in [0.3, 0.4) is 0 Å². The number of halogens is 2. The van der Waals surface area contributed by atoms with Gasteiger partial charge >= 0.3 is 0 Å². The maximum Gasteiger partial charge on any atom is 0.244 e. The largest absolute Gasteiger partial charge is 0.372 e. The number of alkyl halides is 1. The molecule has 0 spiro atoms. The number of amides is 1. The number of sulfonamides is 1. The van der Waals surface area contributed by atoms with Gasteiger partial charge in [0.25, 0.3) is 0 Å². The first-order valence-corrected chi connectivity index (χ1v) is 8.56. The Kier molecular flexibility index (Phi) is 5.66. The zero-order valence-electron chi connectivity index (χ0n) is 12.5. The van der Waals surface area contributed by atoms with Crippen LogP contribution >= 0.6 is 0 Å². The lowest BCUT2D eigenvalue weighted by molar-refractivity contribution is -0.140. The molecule has 23 heavy (non-hydrogen) atoms. The van der Waals surface area contributed by atoms with Gasteiger partial charge in [-0.1, -0.05) is 12.1 Å². The summed E-state index contributed by atoms with van der Waals surface area (Å²) >= 11 is 0. The molecule has 9 heteroatoms. The number of nitrogens with one attached hydrogen (secondary N) is 1. The fraction of sp³-hybridized carbons (Fsp3) is 0.500. The summed E-state index contributed by atoms with van der Waals surface area (Å²) in [6, 6.07) is 3.79. The van der Waals surface area contributed by atoms with Crippen molar-refractivity contribution >= 4 is 15.9 Å². The second kappa shape index (κ2) is 7.33. The summed E-state index contributed by atoms with van der Waals surface area (Å²) < 4.78 is 57.8. The maximum atomic E-state index is 13.6. The Labute approximate surface area is 133 Å². The lowest BCUT2D eigenvalue weighted by Crippen LogP contribution is -2.53. The van der Waals surface area contributed by atoms with Crippen LogP contribution in [0.15, 0.2) is 29.2 Å². The van der Waals surface area contributed by atoms with E-state index in [2.05, 4.69) is 4.72 Å². The summed E-state index contributed by atoms with van der Waals surface area (Å²) in [5.41, 5.74) is 0. The Morgan fingerprint density at radius 1 is 1.48 bits per heavy atom. The summed E-state index contributed by atoms with van der Waals surface area (Å²) in [4.78, 5) is 13.1. The van der Waals surface area contributed by atoms with Crippen LogP contribution in [0.25, 0.3) is 0 Å². The fourth-order valence-electron chi connectivity index (χ4n) is 2.30. The third-order valence-corrected chi connectivity index (χ3v) is 5.03. The monoisotopic (exact) mass is 348 g/mol. The molecule has 1 N–H and O–H groups in total. The van der Waals surface area contributed by atoms with Crippen molar-refractivity contribution in [3.05, 3.63) is 30.1 Å². The number of carbonyl (C=O) groups excluding carboxylic acids is 1. The van der Waals surface area contributed by atoms with Crippen molar-refractivity contribution in [1.29, 1.82) is 0 Å². The van der Waals surface area contributed by atoms with Crippen LogP contribution in [-0.2, 0) is 19.6 Å². The Morgan fingerprint density at radius 3 is 2.83 bits per heavy atom. The van der Waals surface area contributed by atoms with E-state index >= 15 is 0 Å². The van der Waals surface area contributed by atoms with Gasteiger partial charge in [0.15, 0.2) is 0 Å². The molecule has 0 aliphatic carbocycles. The standard InChI is InChI=1S/C14H18F2N2O4S/c1-10(14(19)18-6-7-22-11(8-15)9-18)17-23(20,21)13-5-3-2-4-12(13)16/h2-5,10-11,17H,6-9H2,1H3/t10-,11?/m0/s1. The molecule has 128 valence electrons. The number of nitrogens with zero attached hydrogens (tertiary/aromatic N) is 1. The van der Waals surface area contributed by atoms with E-state index < -0.39 is 45.5 Å².